The molecule has 1 aromatic carbocycles. The van der Waals surface area contributed by atoms with E-state index in [2.05, 4.69) is 50.4 Å². The van der Waals surface area contributed by atoms with E-state index in [1.54, 1.807) is 12.7 Å². The van der Waals surface area contributed by atoms with Crippen molar-refractivity contribution in [3.05, 3.63) is 47.6 Å². The molecule has 1 atom stereocenters. The molecule has 1 aromatic rings. The molecule has 146 valence electrons. The van der Waals surface area contributed by atoms with Crippen LogP contribution in [0.5, 0.6) is 5.75 Å². The van der Waals surface area contributed by atoms with Crippen LogP contribution in [0.15, 0.2) is 47.6 Å². The van der Waals surface area contributed by atoms with Crippen molar-refractivity contribution in [1.82, 2.24) is 0 Å². The van der Waals surface area contributed by atoms with E-state index in [-0.39, 0.29) is 6.61 Å². The zero-order valence-corrected chi connectivity index (χ0v) is 17.1. The number of methoxy groups -OCH3 is 1. The van der Waals surface area contributed by atoms with Gasteiger partial charge in [0, 0.05) is 18.3 Å². The van der Waals surface area contributed by atoms with Crippen molar-refractivity contribution in [3.8, 4) is 5.75 Å². The molecule has 0 aliphatic carbocycles. The Bertz CT molecular complexity index is 546. The molecule has 26 heavy (non-hydrogen) atoms. The number of benzene rings is 1. The second-order valence-electron chi connectivity index (χ2n) is 6.79. The monoisotopic (exact) mass is 359 g/mol. The van der Waals surface area contributed by atoms with Gasteiger partial charge in [-0.3, -0.25) is 0 Å². The Labute approximate surface area is 160 Å². The summed E-state index contributed by atoms with van der Waals surface area (Å²) in [6, 6.07) is 8.46. The lowest BCUT2D eigenvalue weighted by molar-refractivity contribution is 0.282. The summed E-state index contributed by atoms with van der Waals surface area (Å²) in [6.45, 7) is 6.98. The van der Waals surface area contributed by atoms with Crippen LogP contribution >= 0.6 is 0 Å². The van der Waals surface area contributed by atoms with E-state index in [4.69, 9.17) is 9.84 Å². The zero-order valence-electron chi connectivity index (χ0n) is 17.1. The molecule has 0 radical (unpaired) electrons. The van der Waals surface area contributed by atoms with Gasteiger partial charge in [-0.1, -0.05) is 37.1 Å². The van der Waals surface area contributed by atoms with Crippen molar-refractivity contribution in [3.63, 3.8) is 0 Å². The second-order valence-corrected chi connectivity index (χ2v) is 6.79. The fourth-order valence-electron chi connectivity index (χ4n) is 3.03. The highest BCUT2D eigenvalue weighted by Crippen LogP contribution is 2.20. The van der Waals surface area contributed by atoms with E-state index in [1.807, 2.05) is 12.1 Å². The van der Waals surface area contributed by atoms with Crippen molar-refractivity contribution in [2.45, 2.75) is 71.8 Å². The number of anilines is 1. The third-order valence-electron chi connectivity index (χ3n) is 4.93. The summed E-state index contributed by atoms with van der Waals surface area (Å²) in [5, 5.41) is 12.7. The average molecular weight is 360 g/mol. The summed E-state index contributed by atoms with van der Waals surface area (Å²) in [6.07, 6.45) is 11.9. The maximum atomic E-state index is 9.05. The molecular weight excluding hydrogens is 322 g/mol. The Morgan fingerprint density at radius 1 is 1.12 bits per heavy atom. The Hall–Kier alpha value is -1.74. The lowest BCUT2D eigenvalue weighted by atomic mass is 10.0. The molecule has 2 N–H and O–H groups in total. The fraction of sp³-hybridized carbons (Fsp3) is 0.565. The van der Waals surface area contributed by atoms with E-state index < -0.39 is 0 Å². The largest absolute Gasteiger partial charge is 0.497 e. The van der Waals surface area contributed by atoms with Crippen LogP contribution in [-0.4, -0.2) is 24.9 Å². The molecular formula is C23H37NO2. The molecule has 1 unspecified atom stereocenters. The Kier molecular flexibility index (Phi) is 11.5. The van der Waals surface area contributed by atoms with Gasteiger partial charge in [-0.2, -0.15) is 0 Å². The van der Waals surface area contributed by atoms with Gasteiger partial charge in [0.05, 0.1) is 7.11 Å². The first-order valence-electron chi connectivity index (χ1n) is 9.98. The van der Waals surface area contributed by atoms with Crippen LogP contribution in [0.1, 0.15) is 65.7 Å². The van der Waals surface area contributed by atoms with E-state index in [0.29, 0.717) is 6.04 Å². The van der Waals surface area contributed by atoms with Gasteiger partial charge >= 0.3 is 0 Å². The lowest BCUT2D eigenvalue weighted by Crippen LogP contribution is -2.18. The van der Waals surface area contributed by atoms with Crippen LogP contribution in [0.4, 0.5) is 5.69 Å². The first-order valence-corrected chi connectivity index (χ1v) is 9.98. The summed E-state index contributed by atoms with van der Waals surface area (Å²) in [7, 11) is 1.68. The van der Waals surface area contributed by atoms with Gasteiger partial charge in [0.1, 0.15) is 5.75 Å². The highest BCUT2D eigenvalue weighted by atomic mass is 16.5. The molecule has 0 aliphatic rings. The summed E-state index contributed by atoms with van der Waals surface area (Å²) in [4.78, 5) is 0. The number of aliphatic hydroxyl groups is 1. The minimum absolute atomic E-state index is 0.270. The first-order chi connectivity index (χ1) is 12.6. The topological polar surface area (TPSA) is 41.5 Å². The molecule has 3 heteroatoms. The Balaban J connectivity index is 2.62. The number of ether oxygens (including phenoxy) is 1. The van der Waals surface area contributed by atoms with Gasteiger partial charge in [-0.05, 0) is 76.1 Å². The zero-order chi connectivity index (χ0) is 19.2. The summed E-state index contributed by atoms with van der Waals surface area (Å²) in [5.41, 5.74) is 4.20. The molecule has 0 amide bonds. The number of rotatable bonds is 13. The third kappa shape index (κ3) is 8.57. The van der Waals surface area contributed by atoms with Gasteiger partial charge in [0.15, 0.2) is 0 Å². The molecule has 0 saturated carbocycles. The van der Waals surface area contributed by atoms with Gasteiger partial charge in [0.2, 0.25) is 0 Å². The standard InChI is InChI=1S/C23H37NO2/c1-5-19(3)20(6-2)11-7-8-12-21(13-9-10-18-25)24-22-14-16-23(26-4)17-15-22/h7-8,14-17,21,24-25H,5-6,9-13,18H2,1-4H3/b8-7+,20-19+. The van der Waals surface area contributed by atoms with Gasteiger partial charge in [-0.25, -0.2) is 0 Å². The maximum Gasteiger partial charge on any atom is 0.119 e. The molecule has 0 aromatic heterocycles. The molecule has 0 fully saturated rings. The third-order valence-corrected chi connectivity index (χ3v) is 4.93. The van der Waals surface area contributed by atoms with E-state index in [9.17, 15) is 0 Å². The number of hydrogen-bond donors (Lipinski definition) is 2. The summed E-state index contributed by atoms with van der Waals surface area (Å²) in [5.74, 6) is 0.873. The van der Waals surface area contributed by atoms with Gasteiger partial charge in [-0.15, -0.1) is 0 Å². The van der Waals surface area contributed by atoms with Crippen LogP contribution < -0.4 is 10.1 Å². The molecule has 0 spiro atoms. The minimum Gasteiger partial charge on any atom is -0.497 e. The van der Waals surface area contributed by atoms with E-state index in [0.717, 1.165) is 56.4 Å². The lowest BCUT2D eigenvalue weighted by Gasteiger charge is -2.19. The van der Waals surface area contributed by atoms with E-state index in [1.165, 1.54) is 5.57 Å². The number of aliphatic hydroxyl groups excluding tert-OH is 1. The number of allylic oxidation sites excluding steroid dienone is 3. The van der Waals surface area contributed by atoms with Crippen molar-refractivity contribution in [1.29, 1.82) is 0 Å². The number of nitrogens with one attached hydrogen (secondary N) is 1. The second kappa shape index (κ2) is 13.5. The highest BCUT2D eigenvalue weighted by Gasteiger charge is 2.07. The van der Waals surface area contributed by atoms with Crippen LogP contribution in [0.25, 0.3) is 0 Å². The normalized spacial score (nSPS) is 13.6. The molecule has 0 heterocycles. The maximum absolute atomic E-state index is 9.05. The average Bonchev–Trinajstić information content (AvgIpc) is 2.68. The first kappa shape index (κ1) is 22.3. The SMILES string of the molecule is CC/C(C)=C(\CC)C/C=C/CC(CCCCO)Nc1ccc(OC)cc1. The predicted octanol–water partition coefficient (Wildman–Crippen LogP) is 6.11. The summed E-state index contributed by atoms with van der Waals surface area (Å²) >= 11 is 0. The smallest absolute Gasteiger partial charge is 0.119 e. The van der Waals surface area contributed by atoms with Crippen molar-refractivity contribution in [2.24, 2.45) is 0 Å². The van der Waals surface area contributed by atoms with Crippen molar-refractivity contribution >= 4 is 5.69 Å². The van der Waals surface area contributed by atoms with Crippen LogP contribution in [0.2, 0.25) is 0 Å². The molecule has 0 aliphatic heterocycles. The fourth-order valence-corrected chi connectivity index (χ4v) is 3.03. The number of hydrogen-bond acceptors (Lipinski definition) is 3. The number of unbranched alkanes of at least 4 members (excludes halogenated alkanes) is 1. The Morgan fingerprint density at radius 3 is 2.42 bits per heavy atom. The highest BCUT2D eigenvalue weighted by molar-refractivity contribution is 5.47. The summed E-state index contributed by atoms with van der Waals surface area (Å²) < 4.78 is 5.22. The van der Waals surface area contributed by atoms with Crippen molar-refractivity contribution < 1.29 is 9.84 Å². The molecule has 3 nitrogen and oxygen atoms in total. The predicted molar refractivity (Wildman–Crippen MR) is 113 cm³/mol. The van der Waals surface area contributed by atoms with Crippen molar-refractivity contribution in [2.75, 3.05) is 19.0 Å². The van der Waals surface area contributed by atoms with Crippen LogP contribution in [0, 0.1) is 0 Å². The molecule has 1 rings (SSSR count). The van der Waals surface area contributed by atoms with Gasteiger partial charge < -0.3 is 15.2 Å². The van der Waals surface area contributed by atoms with E-state index >= 15 is 0 Å². The quantitative estimate of drug-likeness (QED) is 0.330. The van der Waals surface area contributed by atoms with Crippen LogP contribution in [-0.2, 0) is 0 Å². The minimum atomic E-state index is 0.270. The van der Waals surface area contributed by atoms with Crippen LogP contribution in [0.3, 0.4) is 0 Å². The molecule has 0 bridgehead atoms. The Morgan fingerprint density at radius 2 is 1.85 bits per heavy atom. The van der Waals surface area contributed by atoms with Gasteiger partial charge in [0.25, 0.3) is 0 Å². The molecule has 0 saturated heterocycles.